The van der Waals surface area contributed by atoms with E-state index in [1.165, 1.54) is 4.90 Å². The van der Waals surface area contributed by atoms with E-state index in [-0.39, 0.29) is 0 Å². The van der Waals surface area contributed by atoms with Crippen LogP contribution in [-0.2, 0) is 6.54 Å². The number of benzene rings is 1. The van der Waals surface area contributed by atoms with E-state index in [9.17, 15) is 0 Å². The molecule has 0 atom stereocenters. The summed E-state index contributed by atoms with van der Waals surface area (Å²) in [6.45, 7) is 2.62. The lowest BCUT2D eigenvalue weighted by Gasteiger charge is -2.11. The Morgan fingerprint density at radius 1 is 1.26 bits per heavy atom. The first-order chi connectivity index (χ1) is 11.3. The van der Waals surface area contributed by atoms with Crippen molar-refractivity contribution >= 4 is 29.3 Å². The molecule has 0 amide bonds. The summed E-state index contributed by atoms with van der Waals surface area (Å²) in [7, 11) is 1.79. The number of nitrogens with zero attached hydrogens (tertiary/aromatic N) is 3. The molecule has 0 bridgehead atoms. The lowest BCUT2D eigenvalue weighted by Crippen LogP contribution is -2.39. The van der Waals surface area contributed by atoms with Crippen LogP contribution in [0.2, 0.25) is 5.02 Å². The van der Waals surface area contributed by atoms with Gasteiger partial charge in [-0.25, -0.2) is 0 Å². The van der Waals surface area contributed by atoms with Crippen LogP contribution in [0.5, 0.6) is 0 Å². The lowest BCUT2D eigenvalue weighted by molar-refractivity contribution is 0.570. The first-order valence-electron chi connectivity index (χ1n) is 7.58. The number of thioether (sulfide) groups is 1. The SMILES string of the molecule is CN=C(NCCCn1cccn1)NCCSc1ccc(Cl)cc1. The van der Waals surface area contributed by atoms with Crippen molar-refractivity contribution < 1.29 is 0 Å². The summed E-state index contributed by atoms with van der Waals surface area (Å²) in [5.74, 6) is 1.80. The zero-order chi connectivity index (χ0) is 16.3. The molecule has 0 fully saturated rings. The van der Waals surface area contributed by atoms with Gasteiger partial charge in [0.2, 0.25) is 0 Å². The number of aliphatic imine (C=N–C) groups is 1. The van der Waals surface area contributed by atoms with Crippen LogP contribution in [0.1, 0.15) is 6.42 Å². The standard InChI is InChI=1S/C16H22ClN5S/c1-18-16(19-8-2-11-22-12-3-9-21-22)20-10-13-23-15-6-4-14(17)5-7-15/h3-7,9,12H,2,8,10-11,13H2,1H3,(H2,18,19,20). The number of aryl methyl sites for hydroxylation is 1. The number of guanidine groups is 1. The highest BCUT2D eigenvalue weighted by Crippen LogP contribution is 2.19. The summed E-state index contributed by atoms with van der Waals surface area (Å²) in [6.07, 6.45) is 4.77. The number of halogens is 1. The molecule has 1 heterocycles. The van der Waals surface area contributed by atoms with Crippen molar-refractivity contribution in [3.8, 4) is 0 Å². The Bertz CT molecular complexity index is 583. The zero-order valence-electron chi connectivity index (χ0n) is 13.2. The molecule has 2 aromatic rings. The van der Waals surface area contributed by atoms with Gasteiger partial charge < -0.3 is 10.6 Å². The minimum absolute atomic E-state index is 0.771. The number of aromatic nitrogens is 2. The molecule has 5 nitrogen and oxygen atoms in total. The van der Waals surface area contributed by atoms with Gasteiger partial charge in [-0.15, -0.1) is 11.8 Å². The zero-order valence-corrected chi connectivity index (χ0v) is 14.8. The summed E-state index contributed by atoms with van der Waals surface area (Å²) >= 11 is 7.67. The molecule has 1 aromatic heterocycles. The average Bonchev–Trinajstić information content (AvgIpc) is 3.08. The molecular weight excluding hydrogens is 330 g/mol. The fourth-order valence-corrected chi connectivity index (χ4v) is 2.86. The molecule has 7 heteroatoms. The Labute approximate surface area is 146 Å². The van der Waals surface area contributed by atoms with Gasteiger partial charge in [0.05, 0.1) is 0 Å². The average molecular weight is 352 g/mol. The van der Waals surface area contributed by atoms with E-state index in [1.807, 2.05) is 41.2 Å². The van der Waals surface area contributed by atoms with Gasteiger partial charge in [0, 0.05) is 54.7 Å². The van der Waals surface area contributed by atoms with Crippen molar-refractivity contribution in [2.24, 2.45) is 4.99 Å². The number of rotatable bonds is 8. The molecule has 0 saturated heterocycles. The molecule has 124 valence electrons. The van der Waals surface area contributed by atoms with Gasteiger partial charge in [0.25, 0.3) is 0 Å². The third-order valence-corrected chi connectivity index (χ3v) is 4.38. The molecule has 0 spiro atoms. The fraction of sp³-hybridized carbons (Fsp3) is 0.375. The van der Waals surface area contributed by atoms with Crippen molar-refractivity contribution in [2.45, 2.75) is 17.9 Å². The summed E-state index contributed by atoms with van der Waals surface area (Å²) < 4.78 is 1.93. The van der Waals surface area contributed by atoms with Crippen LogP contribution < -0.4 is 10.6 Å². The summed E-state index contributed by atoms with van der Waals surface area (Å²) in [6, 6.07) is 9.84. The van der Waals surface area contributed by atoms with Gasteiger partial charge in [-0.1, -0.05) is 11.6 Å². The number of hydrogen-bond acceptors (Lipinski definition) is 3. The molecule has 2 rings (SSSR count). The Morgan fingerprint density at radius 2 is 2.04 bits per heavy atom. The highest BCUT2D eigenvalue weighted by atomic mass is 35.5. The molecule has 1 aromatic carbocycles. The summed E-state index contributed by atoms with van der Waals surface area (Å²) in [4.78, 5) is 5.44. The van der Waals surface area contributed by atoms with Crippen LogP contribution in [0.15, 0.2) is 52.6 Å². The van der Waals surface area contributed by atoms with Crippen LogP contribution in [0.3, 0.4) is 0 Å². The van der Waals surface area contributed by atoms with E-state index in [1.54, 1.807) is 25.0 Å². The summed E-state index contributed by atoms with van der Waals surface area (Å²) in [5.41, 5.74) is 0. The maximum absolute atomic E-state index is 5.88. The third kappa shape index (κ3) is 6.97. The van der Waals surface area contributed by atoms with Gasteiger partial charge in [-0.05, 0) is 36.8 Å². The van der Waals surface area contributed by atoms with Gasteiger partial charge >= 0.3 is 0 Å². The Morgan fingerprint density at radius 3 is 2.74 bits per heavy atom. The first-order valence-corrected chi connectivity index (χ1v) is 8.94. The summed E-state index contributed by atoms with van der Waals surface area (Å²) in [5, 5.41) is 11.6. The van der Waals surface area contributed by atoms with Gasteiger partial charge in [-0.3, -0.25) is 9.67 Å². The fourth-order valence-electron chi connectivity index (χ4n) is 1.97. The number of nitrogens with one attached hydrogen (secondary N) is 2. The molecule has 2 N–H and O–H groups in total. The monoisotopic (exact) mass is 351 g/mol. The Kier molecular flexibility index (Phi) is 7.83. The van der Waals surface area contributed by atoms with E-state index < -0.39 is 0 Å². The normalized spacial score (nSPS) is 11.5. The van der Waals surface area contributed by atoms with Gasteiger partial charge in [-0.2, -0.15) is 5.10 Å². The van der Waals surface area contributed by atoms with E-state index in [2.05, 4.69) is 20.7 Å². The van der Waals surface area contributed by atoms with E-state index in [0.29, 0.717) is 0 Å². The second-order valence-corrected chi connectivity index (χ2v) is 6.46. The molecule has 0 aliphatic heterocycles. The van der Waals surface area contributed by atoms with Gasteiger partial charge in [0.15, 0.2) is 5.96 Å². The van der Waals surface area contributed by atoms with E-state index in [0.717, 1.165) is 42.8 Å². The quantitative estimate of drug-likeness (QED) is 0.332. The minimum atomic E-state index is 0.771. The van der Waals surface area contributed by atoms with E-state index >= 15 is 0 Å². The minimum Gasteiger partial charge on any atom is -0.356 e. The second kappa shape index (κ2) is 10.2. The van der Waals surface area contributed by atoms with Crippen LogP contribution >= 0.6 is 23.4 Å². The topological polar surface area (TPSA) is 54.2 Å². The molecule has 0 aliphatic carbocycles. The molecule has 0 radical (unpaired) electrons. The van der Waals surface area contributed by atoms with Crippen molar-refractivity contribution in [1.82, 2.24) is 20.4 Å². The second-order valence-electron chi connectivity index (χ2n) is 4.85. The van der Waals surface area contributed by atoms with Crippen LogP contribution in [0.25, 0.3) is 0 Å². The van der Waals surface area contributed by atoms with Gasteiger partial charge in [0.1, 0.15) is 0 Å². The van der Waals surface area contributed by atoms with Crippen LogP contribution in [0, 0.1) is 0 Å². The van der Waals surface area contributed by atoms with Crippen molar-refractivity contribution in [1.29, 1.82) is 0 Å². The maximum Gasteiger partial charge on any atom is 0.191 e. The third-order valence-electron chi connectivity index (χ3n) is 3.12. The molecular formula is C16H22ClN5S. The van der Waals surface area contributed by atoms with Crippen molar-refractivity contribution in [2.75, 3.05) is 25.9 Å². The smallest absolute Gasteiger partial charge is 0.191 e. The Hall–Kier alpha value is -1.66. The van der Waals surface area contributed by atoms with E-state index in [4.69, 9.17) is 11.6 Å². The highest BCUT2D eigenvalue weighted by molar-refractivity contribution is 7.99. The first kappa shape index (κ1) is 17.7. The van der Waals surface area contributed by atoms with Crippen molar-refractivity contribution in [3.63, 3.8) is 0 Å². The lowest BCUT2D eigenvalue weighted by atomic mass is 10.4. The van der Waals surface area contributed by atoms with Crippen molar-refractivity contribution in [3.05, 3.63) is 47.7 Å². The highest BCUT2D eigenvalue weighted by Gasteiger charge is 1.98. The molecule has 0 unspecified atom stereocenters. The molecule has 0 aliphatic rings. The number of hydrogen-bond donors (Lipinski definition) is 2. The van der Waals surface area contributed by atoms with Crippen LogP contribution in [0.4, 0.5) is 0 Å². The molecule has 23 heavy (non-hydrogen) atoms. The predicted octanol–water partition coefficient (Wildman–Crippen LogP) is 2.88. The Balaban J connectivity index is 1.56. The molecule has 0 saturated carbocycles. The maximum atomic E-state index is 5.88. The van der Waals surface area contributed by atoms with Crippen LogP contribution in [-0.4, -0.2) is 41.6 Å². The predicted molar refractivity (Wildman–Crippen MR) is 98.4 cm³/mol. The largest absolute Gasteiger partial charge is 0.356 e.